The summed E-state index contributed by atoms with van der Waals surface area (Å²) < 4.78 is 11.0. The topological polar surface area (TPSA) is 79.2 Å². The number of nitrogens with zero attached hydrogens (tertiary/aromatic N) is 6. The van der Waals surface area contributed by atoms with Crippen molar-refractivity contribution in [3.05, 3.63) is 51.8 Å². The van der Waals surface area contributed by atoms with Crippen LogP contribution in [-0.2, 0) is 15.9 Å². The quantitative estimate of drug-likeness (QED) is 0.488. The first kappa shape index (κ1) is 19.3. The van der Waals surface area contributed by atoms with Gasteiger partial charge in [0.15, 0.2) is 11.3 Å². The van der Waals surface area contributed by atoms with Crippen LogP contribution in [0.4, 0.5) is 0 Å². The largest absolute Gasteiger partial charge is 0.355 e. The SMILES string of the molecule is CC(C)(C)c1cn(-c2ncn3c2c(=O)n(C2(C)CCCO2)c2c(Cl)cccc23)nn1. The fourth-order valence-corrected chi connectivity index (χ4v) is 4.37. The predicted molar refractivity (Wildman–Crippen MR) is 114 cm³/mol. The Labute approximate surface area is 178 Å². The highest BCUT2D eigenvalue weighted by atomic mass is 35.5. The van der Waals surface area contributed by atoms with Crippen molar-refractivity contribution in [2.24, 2.45) is 0 Å². The van der Waals surface area contributed by atoms with Gasteiger partial charge in [-0.2, -0.15) is 4.68 Å². The highest BCUT2D eigenvalue weighted by molar-refractivity contribution is 6.35. The molecule has 0 bridgehead atoms. The van der Waals surface area contributed by atoms with E-state index in [4.69, 9.17) is 16.3 Å². The monoisotopic (exact) mass is 426 g/mol. The van der Waals surface area contributed by atoms with Gasteiger partial charge in [0.2, 0.25) is 0 Å². The Bertz CT molecular complexity index is 1340. The Morgan fingerprint density at radius 3 is 2.70 bits per heavy atom. The molecule has 3 aromatic heterocycles. The molecule has 5 rings (SSSR count). The maximum absolute atomic E-state index is 13.8. The van der Waals surface area contributed by atoms with Gasteiger partial charge in [0.1, 0.15) is 12.1 Å². The lowest BCUT2D eigenvalue weighted by atomic mass is 9.93. The molecule has 4 heterocycles. The number of ether oxygens (including phenoxy) is 1. The van der Waals surface area contributed by atoms with Gasteiger partial charge < -0.3 is 4.74 Å². The zero-order chi connectivity index (χ0) is 21.3. The molecule has 30 heavy (non-hydrogen) atoms. The molecule has 0 radical (unpaired) electrons. The van der Waals surface area contributed by atoms with Crippen molar-refractivity contribution in [3.8, 4) is 5.82 Å². The van der Waals surface area contributed by atoms with Gasteiger partial charge in [-0.1, -0.05) is 43.7 Å². The van der Waals surface area contributed by atoms with Crippen LogP contribution in [0.5, 0.6) is 0 Å². The molecule has 1 fully saturated rings. The van der Waals surface area contributed by atoms with Crippen molar-refractivity contribution >= 4 is 28.2 Å². The lowest BCUT2D eigenvalue weighted by Gasteiger charge is -2.28. The Hall–Kier alpha value is -2.71. The number of halogens is 1. The first-order chi connectivity index (χ1) is 14.2. The molecular weight excluding hydrogens is 404 g/mol. The third kappa shape index (κ3) is 2.70. The molecule has 8 nitrogen and oxygen atoms in total. The second-order valence-electron chi connectivity index (χ2n) is 8.96. The van der Waals surface area contributed by atoms with E-state index < -0.39 is 5.72 Å². The number of hydrogen-bond donors (Lipinski definition) is 0. The number of imidazole rings is 1. The molecule has 1 aromatic carbocycles. The molecule has 0 aliphatic carbocycles. The molecular formula is C21H23ClN6O2. The van der Waals surface area contributed by atoms with E-state index in [1.54, 1.807) is 26.0 Å². The van der Waals surface area contributed by atoms with Crippen LogP contribution in [0.3, 0.4) is 0 Å². The van der Waals surface area contributed by atoms with E-state index >= 15 is 0 Å². The van der Waals surface area contributed by atoms with Crippen LogP contribution in [0.1, 0.15) is 46.2 Å². The average molecular weight is 427 g/mol. The van der Waals surface area contributed by atoms with Crippen LogP contribution >= 0.6 is 11.6 Å². The highest BCUT2D eigenvalue weighted by Crippen LogP contribution is 2.35. The maximum Gasteiger partial charge on any atom is 0.281 e. The van der Waals surface area contributed by atoms with E-state index in [-0.39, 0.29) is 11.0 Å². The average Bonchev–Trinajstić information content (AvgIpc) is 3.40. The number of benzene rings is 1. The van der Waals surface area contributed by atoms with Gasteiger partial charge >= 0.3 is 0 Å². The summed E-state index contributed by atoms with van der Waals surface area (Å²) in [4.78, 5) is 18.4. The van der Waals surface area contributed by atoms with Crippen molar-refractivity contribution in [1.82, 2.24) is 28.9 Å². The van der Waals surface area contributed by atoms with Gasteiger partial charge in [-0.15, -0.1) is 5.10 Å². The van der Waals surface area contributed by atoms with Gasteiger partial charge in [0.05, 0.1) is 27.9 Å². The second-order valence-corrected chi connectivity index (χ2v) is 9.37. The fraction of sp³-hybridized carbons (Fsp3) is 0.429. The summed E-state index contributed by atoms with van der Waals surface area (Å²) in [5.41, 5.74) is 1.48. The van der Waals surface area contributed by atoms with E-state index in [2.05, 4.69) is 36.1 Å². The molecule has 4 aromatic rings. The Balaban J connectivity index is 1.88. The zero-order valence-electron chi connectivity index (χ0n) is 17.4. The van der Waals surface area contributed by atoms with Gasteiger partial charge in [-0.25, -0.2) is 4.98 Å². The lowest BCUT2D eigenvalue weighted by Crippen LogP contribution is -2.39. The third-order valence-corrected chi connectivity index (χ3v) is 6.06. The lowest BCUT2D eigenvalue weighted by molar-refractivity contribution is -0.0447. The minimum atomic E-state index is -0.775. The van der Waals surface area contributed by atoms with Crippen LogP contribution in [-0.4, -0.2) is 35.6 Å². The first-order valence-electron chi connectivity index (χ1n) is 9.99. The van der Waals surface area contributed by atoms with E-state index in [1.807, 2.05) is 25.3 Å². The summed E-state index contributed by atoms with van der Waals surface area (Å²) in [6, 6.07) is 5.58. The number of para-hydroxylation sites is 1. The fourth-order valence-electron chi connectivity index (χ4n) is 4.12. The molecule has 1 aliphatic heterocycles. The van der Waals surface area contributed by atoms with Gasteiger partial charge in [0, 0.05) is 12.0 Å². The Morgan fingerprint density at radius 2 is 2.03 bits per heavy atom. The Morgan fingerprint density at radius 1 is 1.23 bits per heavy atom. The summed E-state index contributed by atoms with van der Waals surface area (Å²) in [6.45, 7) is 8.72. The maximum atomic E-state index is 13.8. The molecule has 0 spiro atoms. The number of rotatable bonds is 2. The van der Waals surface area contributed by atoms with Crippen molar-refractivity contribution in [2.75, 3.05) is 6.61 Å². The van der Waals surface area contributed by atoms with Crippen LogP contribution in [0.15, 0.2) is 35.5 Å². The molecule has 0 amide bonds. The summed E-state index contributed by atoms with van der Waals surface area (Å²) in [5.74, 6) is 0.431. The summed E-state index contributed by atoms with van der Waals surface area (Å²) in [5, 5.41) is 9.02. The molecule has 1 saturated heterocycles. The van der Waals surface area contributed by atoms with Gasteiger partial charge in [-0.05, 0) is 31.9 Å². The van der Waals surface area contributed by atoms with Crippen molar-refractivity contribution in [2.45, 2.75) is 51.7 Å². The summed E-state index contributed by atoms with van der Waals surface area (Å²) in [7, 11) is 0. The number of fused-ring (bicyclic) bond motifs is 3. The molecule has 1 atom stereocenters. The van der Waals surface area contributed by atoms with Crippen LogP contribution in [0.25, 0.3) is 22.4 Å². The number of hydrogen-bond acceptors (Lipinski definition) is 5. The molecule has 9 heteroatoms. The molecule has 0 N–H and O–H groups in total. The normalized spacial score (nSPS) is 19.9. The van der Waals surface area contributed by atoms with Crippen molar-refractivity contribution in [1.29, 1.82) is 0 Å². The smallest absolute Gasteiger partial charge is 0.281 e. The first-order valence-corrected chi connectivity index (χ1v) is 10.4. The molecule has 1 aliphatic rings. The zero-order valence-corrected chi connectivity index (χ0v) is 18.1. The van der Waals surface area contributed by atoms with Crippen LogP contribution in [0.2, 0.25) is 5.02 Å². The summed E-state index contributed by atoms with van der Waals surface area (Å²) in [6.07, 6.45) is 5.06. The molecule has 1 unspecified atom stereocenters. The van der Waals surface area contributed by atoms with E-state index in [0.717, 1.165) is 24.1 Å². The standard InChI is InChI=1S/C21H23ClN6O2/c1-20(2,3)15-11-27(25-24-15)18-17-19(29)28(21(4)9-6-10-30-21)16-13(22)7-5-8-14(16)26(17)12-23-18/h5,7-8,11-12H,6,9-10H2,1-4H3. The molecule has 0 saturated carbocycles. The minimum absolute atomic E-state index is 0.167. The minimum Gasteiger partial charge on any atom is -0.355 e. The second kappa shape index (κ2) is 6.39. The third-order valence-electron chi connectivity index (χ3n) is 5.75. The summed E-state index contributed by atoms with van der Waals surface area (Å²) >= 11 is 6.58. The van der Waals surface area contributed by atoms with E-state index in [0.29, 0.717) is 28.5 Å². The van der Waals surface area contributed by atoms with Crippen molar-refractivity contribution in [3.63, 3.8) is 0 Å². The van der Waals surface area contributed by atoms with Crippen LogP contribution in [0, 0.1) is 0 Å². The van der Waals surface area contributed by atoms with E-state index in [9.17, 15) is 4.79 Å². The van der Waals surface area contributed by atoms with Gasteiger partial charge in [0.25, 0.3) is 5.56 Å². The number of aromatic nitrogens is 6. The van der Waals surface area contributed by atoms with Crippen molar-refractivity contribution < 1.29 is 4.74 Å². The Kier molecular flexibility index (Phi) is 4.10. The highest BCUT2D eigenvalue weighted by Gasteiger charge is 2.36. The molecule has 156 valence electrons. The van der Waals surface area contributed by atoms with Crippen LogP contribution < -0.4 is 5.56 Å². The van der Waals surface area contributed by atoms with E-state index in [1.165, 1.54) is 0 Å². The predicted octanol–water partition coefficient (Wildman–Crippen LogP) is 3.66. The van der Waals surface area contributed by atoms with Gasteiger partial charge in [-0.3, -0.25) is 13.8 Å².